The number of aromatic nitrogens is 2. The molecule has 0 saturated heterocycles. The zero-order valence-corrected chi connectivity index (χ0v) is 12.0. The zero-order chi connectivity index (χ0) is 14.0. The average Bonchev–Trinajstić information content (AvgIpc) is 3.14. The molecule has 0 N–H and O–H groups in total. The van der Waals surface area contributed by atoms with E-state index in [1.165, 1.54) is 6.07 Å². The molecule has 0 spiro atoms. The van der Waals surface area contributed by atoms with Gasteiger partial charge in [-0.3, -0.25) is 14.2 Å². The lowest BCUT2D eigenvalue weighted by Gasteiger charge is -2.13. The maximum atomic E-state index is 11.9. The molecule has 0 aromatic carbocycles. The molecule has 1 heterocycles. The first-order valence-electron chi connectivity index (χ1n) is 6.46. The summed E-state index contributed by atoms with van der Waals surface area (Å²) in [6.45, 7) is 0.522. The first-order chi connectivity index (χ1) is 8.99. The molecule has 1 fully saturated rings. The van der Waals surface area contributed by atoms with E-state index in [0.717, 1.165) is 18.7 Å². The largest absolute Gasteiger partial charge is 0.349 e. The minimum Gasteiger partial charge on any atom is -0.349 e. The van der Waals surface area contributed by atoms with Gasteiger partial charge in [-0.05, 0) is 19.3 Å². The molecule has 0 bridgehead atoms. The van der Waals surface area contributed by atoms with E-state index < -0.39 is 0 Å². The van der Waals surface area contributed by atoms with E-state index in [4.69, 9.17) is 11.6 Å². The Labute approximate surface area is 117 Å². The van der Waals surface area contributed by atoms with Gasteiger partial charge < -0.3 is 4.90 Å². The summed E-state index contributed by atoms with van der Waals surface area (Å²) in [5.41, 5.74) is -0.126. The highest BCUT2D eigenvalue weighted by molar-refractivity contribution is 6.29. The summed E-state index contributed by atoms with van der Waals surface area (Å²) in [5, 5.41) is 0.257. The first-order valence-corrected chi connectivity index (χ1v) is 6.84. The number of hydrogen-bond acceptors (Lipinski definition) is 3. The van der Waals surface area contributed by atoms with E-state index in [0.29, 0.717) is 25.3 Å². The van der Waals surface area contributed by atoms with Crippen LogP contribution in [-0.2, 0) is 11.3 Å². The smallest absolute Gasteiger partial charge is 0.254 e. The molecule has 6 heteroatoms. The Morgan fingerprint density at radius 2 is 2.21 bits per heavy atom. The minimum absolute atomic E-state index is 0.0722. The number of carbonyl (C=O) groups is 1. The molecule has 19 heavy (non-hydrogen) atoms. The quantitative estimate of drug-likeness (QED) is 0.772. The summed E-state index contributed by atoms with van der Waals surface area (Å²) in [5.74, 6) is 1.20. The highest BCUT2D eigenvalue weighted by atomic mass is 35.5. The molecule has 0 atom stereocenters. The fraction of sp³-hybridized carbons (Fsp3) is 0.615. The molecule has 5 nitrogen and oxygen atoms in total. The second kappa shape index (κ2) is 5.74. The van der Waals surface area contributed by atoms with Crippen molar-refractivity contribution in [3.63, 3.8) is 0 Å². The number of rotatable bonds is 5. The maximum absolute atomic E-state index is 11.9. The fourth-order valence-electron chi connectivity index (χ4n) is 1.98. The van der Waals surface area contributed by atoms with Gasteiger partial charge in [-0.1, -0.05) is 11.6 Å². The molecule has 0 unspecified atom stereocenters. The molecule has 2 rings (SSSR count). The molecular weight excluding hydrogens is 266 g/mol. The van der Waals surface area contributed by atoms with Crippen LogP contribution in [0.15, 0.2) is 10.9 Å². The van der Waals surface area contributed by atoms with Crippen molar-refractivity contribution in [1.29, 1.82) is 0 Å². The van der Waals surface area contributed by atoms with Gasteiger partial charge in [-0.15, -0.1) is 0 Å². The standard InChI is InChI=1S/C13H18ClN3O2/c1-16(2)11(18)4-3-7-17-12(19)8-10(14)15-13(17)9-5-6-9/h8-9H,3-7H2,1-2H3. The average molecular weight is 284 g/mol. The van der Waals surface area contributed by atoms with Crippen molar-refractivity contribution in [1.82, 2.24) is 14.5 Å². The number of hydrogen-bond donors (Lipinski definition) is 0. The van der Waals surface area contributed by atoms with Crippen LogP contribution < -0.4 is 5.56 Å². The van der Waals surface area contributed by atoms with Crippen molar-refractivity contribution >= 4 is 17.5 Å². The van der Waals surface area contributed by atoms with Gasteiger partial charge in [0.15, 0.2) is 0 Å². The molecule has 1 amide bonds. The predicted octanol–water partition coefficient (Wildman–Crippen LogP) is 1.64. The van der Waals surface area contributed by atoms with Crippen LogP contribution in [0.25, 0.3) is 0 Å². The van der Waals surface area contributed by atoms with Crippen LogP contribution in [0.1, 0.15) is 37.4 Å². The summed E-state index contributed by atoms with van der Waals surface area (Å²) < 4.78 is 1.66. The normalized spacial score (nSPS) is 14.5. The molecular formula is C13H18ClN3O2. The van der Waals surface area contributed by atoms with E-state index in [1.807, 2.05) is 0 Å². The number of carbonyl (C=O) groups excluding carboxylic acids is 1. The highest BCUT2D eigenvalue weighted by Gasteiger charge is 2.28. The monoisotopic (exact) mass is 283 g/mol. The van der Waals surface area contributed by atoms with Gasteiger partial charge in [-0.25, -0.2) is 4.98 Å². The van der Waals surface area contributed by atoms with Crippen LogP contribution in [0, 0.1) is 0 Å². The molecule has 1 aliphatic carbocycles. The number of nitrogens with zero attached hydrogens (tertiary/aromatic N) is 3. The lowest BCUT2D eigenvalue weighted by Crippen LogP contribution is -2.26. The summed E-state index contributed by atoms with van der Waals surface area (Å²) in [4.78, 5) is 29.3. The van der Waals surface area contributed by atoms with Gasteiger partial charge in [0.1, 0.15) is 11.0 Å². The predicted molar refractivity (Wildman–Crippen MR) is 73.4 cm³/mol. The van der Waals surface area contributed by atoms with Crippen LogP contribution in [0.3, 0.4) is 0 Å². The Kier molecular flexibility index (Phi) is 4.24. The third kappa shape index (κ3) is 3.56. The SMILES string of the molecule is CN(C)C(=O)CCCn1c(C2CC2)nc(Cl)cc1=O. The topological polar surface area (TPSA) is 55.2 Å². The lowest BCUT2D eigenvalue weighted by atomic mass is 10.2. The lowest BCUT2D eigenvalue weighted by molar-refractivity contribution is -0.128. The first kappa shape index (κ1) is 14.1. The molecule has 104 valence electrons. The highest BCUT2D eigenvalue weighted by Crippen LogP contribution is 2.38. The van der Waals surface area contributed by atoms with E-state index in [2.05, 4.69) is 4.98 Å². The maximum Gasteiger partial charge on any atom is 0.254 e. The second-order valence-corrected chi connectivity index (χ2v) is 5.48. The van der Waals surface area contributed by atoms with Crippen LogP contribution in [-0.4, -0.2) is 34.5 Å². The summed E-state index contributed by atoms with van der Waals surface area (Å²) >= 11 is 5.83. The Morgan fingerprint density at radius 3 is 2.79 bits per heavy atom. The van der Waals surface area contributed by atoms with Crippen LogP contribution in [0.4, 0.5) is 0 Å². The van der Waals surface area contributed by atoms with Gasteiger partial charge in [0.25, 0.3) is 5.56 Å². The summed E-state index contributed by atoms with van der Waals surface area (Å²) in [7, 11) is 3.46. The summed E-state index contributed by atoms with van der Waals surface area (Å²) in [6.07, 6.45) is 3.19. The van der Waals surface area contributed by atoms with Crippen molar-refractivity contribution < 1.29 is 4.79 Å². The van der Waals surface area contributed by atoms with Crippen LogP contribution in [0.2, 0.25) is 5.15 Å². The van der Waals surface area contributed by atoms with Crippen molar-refractivity contribution in [3.05, 3.63) is 27.4 Å². The zero-order valence-electron chi connectivity index (χ0n) is 11.2. The minimum atomic E-state index is -0.126. The summed E-state index contributed by atoms with van der Waals surface area (Å²) in [6, 6.07) is 1.33. The van der Waals surface area contributed by atoms with Gasteiger partial charge in [0, 0.05) is 39.0 Å². The van der Waals surface area contributed by atoms with Gasteiger partial charge in [-0.2, -0.15) is 0 Å². The Bertz CT molecular complexity index is 535. The van der Waals surface area contributed by atoms with Crippen LogP contribution >= 0.6 is 11.6 Å². The van der Waals surface area contributed by atoms with Gasteiger partial charge in [0.05, 0.1) is 0 Å². The number of halogens is 1. The third-order valence-corrected chi connectivity index (χ3v) is 3.41. The molecule has 0 aliphatic heterocycles. The molecule has 1 saturated carbocycles. The van der Waals surface area contributed by atoms with Crippen molar-refractivity contribution in [3.8, 4) is 0 Å². The molecule has 1 aliphatic rings. The van der Waals surface area contributed by atoms with Crippen molar-refractivity contribution in [2.24, 2.45) is 0 Å². The molecule has 0 radical (unpaired) electrons. The Morgan fingerprint density at radius 1 is 1.53 bits per heavy atom. The number of amides is 1. The van der Waals surface area contributed by atoms with E-state index >= 15 is 0 Å². The molecule has 1 aromatic rings. The van der Waals surface area contributed by atoms with Gasteiger partial charge >= 0.3 is 0 Å². The van der Waals surface area contributed by atoms with E-state index in [-0.39, 0.29) is 16.6 Å². The fourth-order valence-corrected chi connectivity index (χ4v) is 2.16. The Balaban J connectivity index is 2.07. The van der Waals surface area contributed by atoms with Crippen LogP contribution in [0.5, 0.6) is 0 Å². The molecule has 1 aromatic heterocycles. The Hall–Kier alpha value is -1.36. The second-order valence-electron chi connectivity index (χ2n) is 5.09. The van der Waals surface area contributed by atoms with Gasteiger partial charge in [0.2, 0.25) is 5.91 Å². The van der Waals surface area contributed by atoms with Crippen molar-refractivity contribution in [2.45, 2.75) is 38.1 Å². The van der Waals surface area contributed by atoms with E-state index in [1.54, 1.807) is 23.6 Å². The third-order valence-electron chi connectivity index (χ3n) is 3.22. The van der Waals surface area contributed by atoms with Crippen molar-refractivity contribution in [2.75, 3.05) is 14.1 Å². The van der Waals surface area contributed by atoms with E-state index in [9.17, 15) is 9.59 Å².